The molecule has 0 atom stereocenters. The summed E-state index contributed by atoms with van der Waals surface area (Å²) in [6, 6.07) is 7.95. The summed E-state index contributed by atoms with van der Waals surface area (Å²) in [7, 11) is 2.06. The summed E-state index contributed by atoms with van der Waals surface area (Å²) < 4.78 is 7.51. The number of hydrogen-bond acceptors (Lipinski definition) is 6. The molecule has 8 heteroatoms. The summed E-state index contributed by atoms with van der Waals surface area (Å²) >= 11 is 0. The zero-order valence-corrected chi connectivity index (χ0v) is 17.1. The van der Waals surface area contributed by atoms with Crippen LogP contribution in [0.25, 0.3) is 21.9 Å². The predicted molar refractivity (Wildman–Crippen MR) is 113 cm³/mol. The van der Waals surface area contributed by atoms with Gasteiger partial charge in [0.2, 0.25) is 5.91 Å². The zero-order chi connectivity index (χ0) is 20.4. The van der Waals surface area contributed by atoms with Crippen LogP contribution >= 0.6 is 0 Å². The van der Waals surface area contributed by atoms with Gasteiger partial charge in [0.05, 0.1) is 30.8 Å². The highest BCUT2D eigenvalue weighted by molar-refractivity contribution is 6.06. The maximum Gasteiger partial charge on any atom is 0.224 e. The highest BCUT2D eigenvalue weighted by atomic mass is 16.5. The molecule has 4 rings (SSSR count). The van der Waals surface area contributed by atoms with Crippen LogP contribution in [0.1, 0.15) is 19.2 Å². The Hall–Kier alpha value is -2.71. The predicted octanol–water partition coefficient (Wildman–Crippen LogP) is 1.87. The number of rotatable bonds is 6. The van der Waals surface area contributed by atoms with Crippen molar-refractivity contribution in [3.05, 3.63) is 30.1 Å². The average Bonchev–Trinajstić information content (AvgIpc) is 3.11. The van der Waals surface area contributed by atoms with Gasteiger partial charge in [0.1, 0.15) is 11.3 Å². The van der Waals surface area contributed by atoms with Crippen molar-refractivity contribution in [1.29, 1.82) is 0 Å². The molecule has 1 aliphatic heterocycles. The number of carbonyl (C=O) groups is 1. The summed E-state index contributed by atoms with van der Waals surface area (Å²) in [5, 5.41) is 1.01. The molecule has 3 heterocycles. The maximum absolute atomic E-state index is 12.7. The minimum atomic E-state index is 0.149. The van der Waals surface area contributed by atoms with E-state index in [1.54, 1.807) is 0 Å². The van der Waals surface area contributed by atoms with Crippen molar-refractivity contribution in [3.8, 4) is 0 Å². The van der Waals surface area contributed by atoms with Gasteiger partial charge < -0.3 is 19.9 Å². The van der Waals surface area contributed by atoms with E-state index in [1.165, 1.54) is 0 Å². The third kappa shape index (κ3) is 3.90. The molecule has 3 aromatic rings. The molecule has 0 unspecified atom stereocenters. The molecule has 2 N–H and O–H groups in total. The summed E-state index contributed by atoms with van der Waals surface area (Å²) in [6.07, 6.45) is 0.421. The van der Waals surface area contributed by atoms with Crippen molar-refractivity contribution in [2.24, 2.45) is 0 Å². The lowest BCUT2D eigenvalue weighted by molar-refractivity contribution is -0.135. The molecule has 154 valence electrons. The first-order valence-corrected chi connectivity index (χ1v) is 10.2. The van der Waals surface area contributed by atoms with E-state index in [4.69, 9.17) is 15.5 Å². The normalized spacial score (nSPS) is 14.9. The minimum Gasteiger partial charge on any atom is -0.382 e. The number of nitrogens with two attached hydrogens (primary N) is 1. The second kappa shape index (κ2) is 8.34. The first-order valence-electron chi connectivity index (χ1n) is 10.2. The van der Waals surface area contributed by atoms with Gasteiger partial charge in [-0.2, -0.15) is 0 Å². The van der Waals surface area contributed by atoms with Gasteiger partial charge in [0.25, 0.3) is 0 Å². The number of aromatic nitrogens is 3. The molecule has 1 aromatic carbocycles. The Morgan fingerprint density at radius 2 is 2.00 bits per heavy atom. The molecule has 1 fully saturated rings. The molecule has 0 bridgehead atoms. The molecule has 29 heavy (non-hydrogen) atoms. The van der Waals surface area contributed by atoms with Crippen LogP contribution in [0.15, 0.2) is 24.3 Å². The number of fused-ring (bicyclic) bond motifs is 3. The van der Waals surface area contributed by atoms with E-state index in [2.05, 4.69) is 28.4 Å². The molecule has 0 saturated carbocycles. The van der Waals surface area contributed by atoms with Crippen molar-refractivity contribution in [3.63, 3.8) is 0 Å². The highest BCUT2D eigenvalue weighted by Gasteiger charge is 2.21. The number of morpholine rings is 1. The third-order valence-electron chi connectivity index (χ3n) is 5.55. The smallest absolute Gasteiger partial charge is 0.224 e. The fraction of sp³-hybridized carbons (Fsp3) is 0.476. The quantitative estimate of drug-likeness (QED) is 0.684. The average molecular weight is 396 g/mol. The minimum absolute atomic E-state index is 0.149. The van der Waals surface area contributed by atoms with Crippen LogP contribution in [0.4, 0.5) is 5.82 Å². The molecular formula is C21H28N6O2. The zero-order valence-electron chi connectivity index (χ0n) is 17.1. The molecule has 2 aromatic heterocycles. The van der Waals surface area contributed by atoms with Gasteiger partial charge in [0.15, 0.2) is 5.82 Å². The van der Waals surface area contributed by atoms with Crippen molar-refractivity contribution in [1.82, 2.24) is 24.3 Å². The number of amides is 1. The van der Waals surface area contributed by atoms with Crippen molar-refractivity contribution in [2.45, 2.75) is 26.4 Å². The Morgan fingerprint density at radius 3 is 2.76 bits per heavy atom. The number of benzene rings is 1. The van der Waals surface area contributed by atoms with Crippen LogP contribution < -0.4 is 5.73 Å². The highest BCUT2D eigenvalue weighted by Crippen LogP contribution is 2.29. The summed E-state index contributed by atoms with van der Waals surface area (Å²) in [6.45, 7) is 6.81. The number of imidazole rings is 1. The van der Waals surface area contributed by atoms with E-state index in [0.717, 1.165) is 28.8 Å². The van der Waals surface area contributed by atoms with Gasteiger partial charge in [-0.25, -0.2) is 9.97 Å². The molecule has 8 nitrogen and oxygen atoms in total. The molecule has 0 aliphatic carbocycles. The second-order valence-electron chi connectivity index (χ2n) is 7.46. The summed E-state index contributed by atoms with van der Waals surface area (Å²) in [5.74, 6) is 1.48. The van der Waals surface area contributed by atoms with E-state index in [0.29, 0.717) is 57.1 Å². The van der Waals surface area contributed by atoms with Crippen LogP contribution in [0.2, 0.25) is 0 Å². The third-order valence-corrected chi connectivity index (χ3v) is 5.55. The summed E-state index contributed by atoms with van der Waals surface area (Å²) in [5.41, 5.74) is 8.76. The number of para-hydroxylation sites is 1. The lowest BCUT2D eigenvalue weighted by atomic mass is 10.2. The fourth-order valence-corrected chi connectivity index (χ4v) is 3.80. The maximum atomic E-state index is 12.7. The number of nitrogens with zero attached hydrogens (tertiary/aromatic N) is 5. The Bertz CT molecular complexity index is 1020. The number of ether oxygens (including phenoxy) is 1. The van der Waals surface area contributed by atoms with Crippen LogP contribution in [0.5, 0.6) is 0 Å². The molecule has 1 amide bonds. The van der Waals surface area contributed by atoms with Gasteiger partial charge in [-0.05, 0) is 19.7 Å². The van der Waals surface area contributed by atoms with Crippen LogP contribution in [-0.4, -0.2) is 70.1 Å². The Morgan fingerprint density at radius 1 is 1.24 bits per heavy atom. The lowest BCUT2D eigenvalue weighted by Gasteiger charge is -2.27. The van der Waals surface area contributed by atoms with E-state index < -0.39 is 0 Å². The van der Waals surface area contributed by atoms with Crippen molar-refractivity contribution in [2.75, 3.05) is 45.6 Å². The van der Waals surface area contributed by atoms with Crippen LogP contribution in [0, 0.1) is 0 Å². The molecule has 1 saturated heterocycles. The van der Waals surface area contributed by atoms with E-state index >= 15 is 0 Å². The molecular weight excluding hydrogens is 368 g/mol. The van der Waals surface area contributed by atoms with Crippen molar-refractivity contribution < 1.29 is 9.53 Å². The summed E-state index contributed by atoms with van der Waals surface area (Å²) in [4.78, 5) is 26.2. The molecule has 0 spiro atoms. The fourth-order valence-electron chi connectivity index (χ4n) is 3.80. The number of hydrogen-bond donors (Lipinski definition) is 1. The number of anilines is 1. The monoisotopic (exact) mass is 396 g/mol. The second-order valence-corrected chi connectivity index (χ2v) is 7.46. The Balaban J connectivity index is 1.74. The Kier molecular flexibility index (Phi) is 5.64. The van der Waals surface area contributed by atoms with Crippen molar-refractivity contribution >= 4 is 33.7 Å². The molecule has 0 radical (unpaired) electrons. The number of aryl methyl sites for hydroxylation is 1. The SMILES string of the molecule is CCN(C)Cc1nc2c(N)nc3ccccc3c2n1CCC(=O)N1CCOCC1. The first-order chi connectivity index (χ1) is 14.1. The number of nitrogen functional groups attached to an aromatic ring is 1. The van der Waals surface area contributed by atoms with Crippen LogP contribution in [-0.2, 0) is 22.6 Å². The molecule has 1 aliphatic rings. The number of carbonyl (C=O) groups excluding carboxylic acids is 1. The standard InChI is InChI=1S/C21H28N6O2/c1-3-25(2)14-17-24-19-20(15-6-4-5-7-16(15)23-21(19)22)27(17)9-8-18(28)26-10-12-29-13-11-26/h4-7H,3,8-14H2,1-2H3,(H2,22,23). The van der Waals surface area contributed by atoms with E-state index in [1.807, 2.05) is 29.2 Å². The lowest BCUT2D eigenvalue weighted by Crippen LogP contribution is -2.41. The Labute approximate surface area is 170 Å². The van der Waals surface area contributed by atoms with Gasteiger partial charge in [-0.15, -0.1) is 0 Å². The number of pyridine rings is 1. The van der Waals surface area contributed by atoms with Crippen LogP contribution in [0.3, 0.4) is 0 Å². The first kappa shape index (κ1) is 19.6. The largest absolute Gasteiger partial charge is 0.382 e. The topological polar surface area (TPSA) is 89.5 Å². The van der Waals surface area contributed by atoms with Gasteiger partial charge in [0, 0.05) is 31.4 Å². The van der Waals surface area contributed by atoms with Gasteiger partial charge in [-0.1, -0.05) is 25.1 Å². The van der Waals surface area contributed by atoms with E-state index in [-0.39, 0.29) is 5.91 Å². The van der Waals surface area contributed by atoms with Gasteiger partial charge >= 0.3 is 0 Å². The van der Waals surface area contributed by atoms with E-state index in [9.17, 15) is 4.79 Å². The van der Waals surface area contributed by atoms with Gasteiger partial charge in [-0.3, -0.25) is 9.69 Å².